The van der Waals surface area contributed by atoms with Gasteiger partial charge in [0.15, 0.2) is 16.8 Å². The van der Waals surface area contributed by atoms with E-state index >= 15 is 0 Å². The Balaban J connectivity index is 1.91. The minimum absolute atomic E-state index is 0.105. The summed E-state index contributed by atoms with van der Waals surface area (Å²) in [6, 6.07) is -0.369. The highest BCUT2D eigenvalue weighted by molar-refractivity contribution is 7.17. The van der Waals surface area contributed by atoms with Gasteiger partial charge < -0.3 is 20.9 Å². The minimum Gasteiger partial charge on any atom is -0.357 e. The van der Waals surface area contributed by atoms with Crippen molar-refractivity contribution in [1.29, 1.82) is 0 Å². The van der Waals surface area contributed by atoms with Gasteiger partial charge in [-0.05, 0) is 13.8 Å². The van der Waals surface area contributed by atoms with Gasteiger partial charge in [-0.15, -0.1) is 0 Å². The van der Waals surface area contributed by atoms with E-state index < -0.39 is 0 Å². The molecule has 24 heavy (non-hydrogen) atoms. The van der Waals surface area contributed by atoms with E-state index in [1.54, 1.807) is 27.9 Å². The number of nitrogens with zero attached hydrogens (tertiary/aromatic N) is 4. The molecule has 0 radical (unpaired) electrons. The van der Waals surface area contributed by atoms with E-state index in [0.717, 1.165) is 0 Å². The summed E-state index contributed by atoms with van der Waals surface area (Å²) in [5, 5.41) is 9.35. The summed E-state index contributed by atoms with van der Waals surface area (Å²) in [5.41, 5.74) is 1.11. The van der Waals surface area contributed by atoms with Gasteiger partial charge in [0.05, 0.1) is 5.69 Å². The Hall–Kier alpha value is -2.75. The molecule has 0 saturated heterocycles. The lowest BCUT2D eigenvalue weighted by atomic mass is 10.2. The normalized spacial score (nSPS) is 16.0. The van der Waals surface area contributed by atoms with Crippen molar-refractivity contribution in [1.82, 2.24) is 19.9 Å². The average Bonchev–Trinajstić information content (AvgIpc) is 2.89. The number of hydrogen-bond donors (Lipinski definition) is 3. The standard InChI is InChI=1S/C14H17N7O2S/c1-6-9(13(23)21(3)4)24-14(18-6)20-11-8-10(15-5-16-11)17-7(2)12(22)19-8/h5,7H,1-4H3,(H,19,22)(H2,15,16,17,18,20). The second-order valence-corrected chi connectivity index (χ2v) is 6.56. The van der Waals surface area contributed by atoms with Crippen molar-refractivity contribution >= 4 is 45.6 Å². The number of fused-ring (bicyclic) bond motifs is 1. The minimum atomic E-state index is -0.369. The maximum absolute atomic E-state index is 12.1. The van der Waals surface area contributed by atoms with Crippen LogP contribution in [0.1, 0.15) is 22.3 Å². The molecule has 0 fully saturated rings. The summed E-state index contributed by atoms with van der Waals surface area (Å²) in [6.07, 6.45) is 1.39. The molecule has 3 N–H and O–H groups in total. The lowest BCUT2D eigenvalue weighted by molar-refractivity contribution is -0.116. The molecule has 0 spiro atoms. The molecule has 9 nitrogen and oxygen atoms in total. The lowest BCUT2D eigenvalue weighted by Gasteiger charge is -2.24. The fourth-order valence-corrected chi connectivity index (χ4v) is 3.15. The molecule has 2 aromatic rings. The fraction of sp³-hybridized carbons (Fsp3) is 0.357. The quantitative estimate of drug-likeness (QED) is 0.770. The first-order chi connectivity index (χ1) is 11.4. The molecule has 1 aliphatic rings. The second kappa shape index (κ2) is 6.04. The van der Waals surface area contributed by atoms with Gasteiger partial charge in [0.2, 0.25) is 5.91 Å². The first-order valence-corrected chi connectivity index (χ1v) is 8.07. The van der Waals surface area contributed by atoms with Crippen molar-refractivity contribution < 1.29 is 9.59 Å². The molecule has 2 amide bonds. The van der Waals surface area contributed by atoms with Crippen LogP contribution in [0.2, 0.25) is 0 Å². The van der Waals surface area contributed by atoms with Crippen molar-refractivity contribution in [3.05, 3.63) is 16.9 Å². The summed E-state index contributed by atoms with van der Waals surface area (Å²) in [7, 11) is 3.38. The molecule has 1 aliphatic heterocycles. The zero-order chi connectivity index (χ0) is 17.4. The van der Waals surface area contributed by atoms with Crippen molar-refractivity contribution in [2.75, 3.05) is 30.0 Å². The third-order valence-corrected chi connectivity index (χ3v) is 4.53. The monoisotopic (exact) mass is 347 g/mol. The molecular formula is C14H17N7O2S. The highest BCUT2D eigenvalue weighted by Gasteiger charge is 2.26. The van der Waals surface area contributed by atoms with E-state index in [4.69, 9.17) is 0 Å². The molecule has 1 atom stereocenters. The predicted octanol–water partition coefficient (Wildman–Crippen LogP) is 1.44. The van der Waals surface area contributed by atoms with Crippen LogP contribution in [-0.2, 0) is 4.79 Å². The number of nitrogens with one attached hydrogen (secondary N) is 3. The Morgan fingerprint density at radius 3 is 2.83 bits per heavy atom. The summed E-state index contributed by atoms with van der Waals surface area (Å²) < 4.78 is 0. The number of amides is 2. The fourth-order valence-electron chi connectivity index (χ4n) is 2.16. The van der Waals surface area contributed by atoms with Gasteiger partial charge in [-0.1, -0.05) is 11.3 Å². The molecule has 10 heteroatoms. The van der Waals surface area contributed by atoms with Crippen molar-refractivity contribution in [3.63, 3.8) is 0 Å². The van der Waals surface area contributed by atoms with Crippen molar-refractivity contribution in [2.24, 2.45) is 0 Å². The van der Waals surface area contributed by atoms with Crippen LogP contribution in [0, 0.1) is 6.92 Å². The molecular weight excluding hydrogens is 330 g/mol. The van der Waals surface area contributed by atoms with Gasteiger partial charge in [0, 0.05) is 14.1 Å². The SMILES string of the molecule is Cc1nc(Nc2ncnc3c2NC(=O)C(C)N3)sc1C(=O)N(C)C. The molecule has 3 heterocycles. The van der Waals surface area contributed by atoms with Gasteiger partial charge in [0.25, 0.3) is 5.91 Å². The maximum atomic E-state index is 12.1. The first-order valence-electron chi connectivity index (χ1n) is 7.25. The van der Waals surface area contributed by atoms with E-state index in [9.17, 15) is 9.59 Å². The highest BCUT2D eigenvalue weighted by Crippen LogP contribution is 2.34. The Kier molecular flexibility index (Phi) is 4.06. The molecule has 0 saturated carbocycles. The lowest BCUT2D eigenvalue weighted by Crippen LogP contribution is -2.37. The van der Waals surface area contributed by atoms with Gasteiger partial charge >= 0.3 is 0 Å². The number of thiazole rings is 1. The van der Waals surface area contributed by atoms with Crippen LogP contribution in [-0.4, -0.2) is 51.8 Å². The van der Waals surface area contributed by atoms with Gasteiger partial charge in [-0.3, -0.25) is 9.59 Å². The average molecular weight is 347 g/mol. The van der Waals surface area contributed by atoms with Crippen LogP contribution in [0.15, 0.2) is 6.33 Å². The van der Waals surface area contributed by atoms with E-state index in [1.807, 2.05) is 0 Å². The third kappa shape index (κ3) is 2.87. The van der Waals surface area contributed by atoms with Gasteiger partial charge in [-0.2, -0.15) is 0 Å². The van der Waals surface area contributed by atoms with Crippen LogP contribution >= 0.6 is 11.3 Å². The number of anilines is 4. The van der Waals surface area contributed by atoms with E-state index in [-0.39, 0.29) is 17.9 Å². The summed E-state index contributed by atoms with van der Waals surface area (Å²) in [6.45, 7) is 3.52. The van der Waals surface area contributed by atoms with Crippen LogP contribution in [0.3, 0.4) is 0 Å². The summed E-state index contributed by atoms with van der Waals surface area (Å²) in [4.78, 5) is 38.7. The molecule has 2 aromatic heterocycles. The number of carbonyl (C=O) groups is 2. The maximum Gasteiger partial charge on any atom is 0.265 e. The Morgan fingerprint density at radius 1 is 1.38 bits per heavy atom. The van der Waals surface area contributed by atoms with Crippen molar-refractivity contribution in [3.8, 4) is 0 Å². The molecule has 0 aromatic carbocycles. The zero-order valence-corrected chi connectivity index (χ0v) is 14.5. The first kappa shape index (κ1) is 16.1. The topological polar surface area (TPSA) is 112 Å². The predicted molar refractivity (Wildman–Crippen MR) is 91.9 cm³/mol. The molecule has 0 bridgehead atoms. The largest absolute Gasteiger partial charge is 0.357 e. The van der Waals surface area contributed by atoms with E-state index in [1.165, 1.54) is 22.6 Å². The molecule has 3 rings (SSSR count). The Labute approximate surface area is 142 Å². The van der Waals surface area contributed by atoms with Gasteiger partial charge in [-0.25, -0.2) is 15.0 Å². The van der Waals surface area contributed by atoms with Crippen LogP contribution in [0.5, 0.6) is 0 Å². The summed E-state index contributed by atoms with van der Waals surface area (Å²) in [5.74, 6) is 0.688. The van der Waals surface area contributed by atoms with E-state index in [0.29, 0.717) is 33.0 Å². The molecule has 0 aliphatic carbocycles. The Morgan fingerprint density at radius 2 is 2.12 bits per heavy atom. The van der Waals surface area contributed by atoms with Gasteiger partial charge in [0.1, 0.15) is 22.9 Å². The number of aryl methyl sites for hydroxylation is 1. The highest BCUT2D eigenvalue weighted by atomic mass is 32.1. The number of hydrogen-bond acceptors (Lipinski definition) is 8. The van der Waals surface area contributed by atoms with Crippen LogP contribution in [0.25, 0.3) is 0 Å². The number of carbonyl (C=O) groups excluding carboxylic acids is 2. The van der Waals surface area contributed by atoms with E-state index in [2.05, 4.69) is 30.9 Å². The van der Waals surface area contributed by atoms with Crippen LogP contribution in [0.4, 0.5) is 22.5 Å². The van der Waals surface area contributed by atoms with Crippen molar-refractivity contribution in [2.45, 2.75) is 19.9 Å². The Bertz CT molecular complexity index is 817. The third-order valence-electron chi connectivity index (χ3n) is 3.46. The second-order valence-electron chi connectivity index (χ2n) is 5.56. The smallest absolute Gasteiger partial charge is 0.265 e. The molecule has 1 unspecified atom stereocenters. The van der Waals surface area contributed by atoms with Crippen LogP contribution < -0.4 is 16.0 Å². The number of aromatic nitrogens is 3. The molecule has 126 valence electrons. The number of rotatable bonds is 3. The summed E-state index contributed by atoms with van der Waals surface area (Å²) >= 11 is 1.24. The zero-order valence-electron chi connectivity index (χ0n) is 13.7.